The zero-order chi connectivity index (χ0) is 9.72. The van der Waals surface area contributed by atoms with E-state index < -0.39 is 21.6 Å². The van der Waals surface area contributed by atoms with Crippen molar-refractivity contribution in [3.8, 4) is 0 Å². The van der Waals surface area contributed by atoms with Crippen molar-refractivity contribution in [2.75, 3.05) is 0 Å². The Kier molecular flexibility index (Phi) is 5.46. The first kappa shape index (κ1) is 11.9. The molecule has 0 bridgehead atoms. The molecule has 0 aromatic rings. The molecule has 68 valence electrons. The first-order chi connectivity index (χ1) is 5.43. The Bertz CT molecular complexity index is 198. The molecule has 0 heterocycles. The Labute approximate surface area is 84.0 Å². The summed E-state index contributed by atoms with van der Waals surface area (Å²) in [5.41, 5.74) is 0. The van der Waals surface area contributed by atoms with Crippen LogP contribution in [0.25, 0.3) is 0 Å². The fourth-order valence-electron chi connectivity index (χ4n) is 0.620. The first-order valence-electron chi connectivity index (χ1n) is 2.99. The van der Waals surface area contributed by atoms with Crippen LogP contribution in [0.3, 0.4) is 0 Å². The van der Waals surface area contributed by atoms with Crippen molar-refractivity contribution in [3.05, 3.63) is 0 Å². The molecule has 12 heavy (non-hydrogen) atoms. The van der Waals surface area contributed by atoms with Gasteiger partial charge >= 0.3 is 0 Å². The van der Waals surface area contributed by atoms with Crippen molar-refractivity contribution >= 4 is 50.5 Å². The minimum Gasteiger partial charge on any atom is -0.281 e. The summed E-state index contributed by atoms with van der Waals surface area (Å²) in [7, 11) is 0. The Morgan fingerprint density at radius 1 is 0.917 bits per heavy atom. The van der Waals surface area contributed by atoms with Crippen molar-refractivity contribution < 1.29 is 14.4 Å². The van der Waals surface area contributed by atoms with Crippen molar-refractivity contribution in [1.29, 1.82) is 0 Å². The molecule has 0 rings (SSSR count). The van der Waals surface area contributed by atoms with Crippen LogP contribution in [0.2, 0.25) is 0 Å². The fraction of sp³-hybridized carbons (Fsp3) is 0.500. The molecule has 0 aromatic carbocycles. The van der Waals surface area contributed by atoms with Gasteiger partial charge in [-0.05, 0) is 34.8 Å². The summed E-state index contributed by atoms with van der Waals surface area (Å²) in [5.74, 6) is -0.901. The highest BCUT2D eigenvalue weighted by Crippen LogP contribution is 2.15. The molecule has 0 aromatic heterocycles. The summed E-state index contributed by atoms with van der Waals surface area (Å²) < 4.78 is 0. The van der Waals surface area contributed by atoms with E-state index in [1.165, 1.54) is 0 Å². The van der Waals surface area contributed by atoms with Crippen LogP contribution in [0.1, 0.15) is 12.8 Å². The van der Waals surface area contributed by atoms with Gasteiger partial charge in [0.15, 0.2) is 0 Å². The van der Waals surface area contributed by atoms with Crippen molar-refractivity contribution in [3.63, 3.8) is 0 Å². The smallest absolute Gasteiger partial charge is 0.225 e. The average Bonchev–Trinajstić information content (AvgIpc) is 1.83. The molecule has 0 aliphatic carbocycles. The Morgan fingerprint density at radius 3 is 1.42 bits per heavy atom. The van der Waals surface area contributed by atoms with Crippen LogP contribution in [0.5, 0.6) is 0 Å². The molecule has 0 saturated carbocycles. The maximum absolute atomic E-state index is 10.6. The van der Waals surface area contributed by atoms with Crippen LogP contribution in [-0.4, -0.2) is 15.7 Å². The molecule has 0 N–H and O–H groups in total. The van der Waals surface area contributed by atoms with E-state index in [4.69, 9.17) is 34.8 Å². The largest absolute Gasteiger partial charge is 0.281 e. The van der Waals surface area contributed by atoms with Gasteiger partial charge in [-0.3, -0.25) is 14.4 Å². The highest BCUT2D eigenvalue weighted by Gasteiger charge is 2.21. The van der Waals surface area contributed by atoms with E-state index in [0.717, 1.165) is 0 Å². The number of carbonyl (C=O) groups excluding carboxylic acids is 3. The number of hydrogen-bond acceptors (Lipinski definition) is 3. The topological polar surface area (TPSA) is 51.2 Å². The van der Waals surface area contributed by atoms with E-state index in [-0.39, 0.29) is 12.8 Å². The Morgan fingerprint density at radius 2 is 1.25 bits per heavy atom. The van der Waals surface area contributed by atoms with E-state index in [1.807, 2.05) is 0 Å². The number of hydrogen-bond donors (Lipinski definition) is 0. The molecule has 0 fully saturated rings. The Hall–Kier alpha value is -0.120. The van der Waals surface area contributed by atoms with Crippen LogP contribution in [-0.2, 0) is 14.4 Å². The number of rotatable bonds is 5. The lowest BCUT2D eigenvalue weighted by Crippen LogP contribution is -2.14. The standard InChI is InChI=1S/C6H5Cl3O3/c7-4(10)1-3(6(9)12)2-5(8)11/h3H,1-2H2. The predicted octanol–water partition coefficient (Wildman–Crippen LogP) is 1.68. The molecule has 0 amide bonds. The lowest BCUT2D eigenvalue weighted by atomic mass is 10.1. The van der Waals surface area contributed by atoms with E-state index >= 15 is 0 Å². The van der Waals surface area contributed by atoms with E-state index in [1.54, 1.807) is 0 Å². The van der Waals surface area contributed by atoms with E-state index in [9.17, 15) is 14.4 Å². The molecule has 0 saturated heterocycles. The van der Waals surface area contributed by atoms with Gasteiger partial charge in [0, 0.05) is 18.8 Å². The highest BCUT2D eigenvalue weighted by atomic mass is 35.5. The molecular weight excluding hydrogens is 226 g/mol. The summed E-state index contributed by atoms with van der Waals surface area (Å²) in [6, 6.07) is 0. The van der Waals surface area contributed by atoms with Crippen LogP contribution in [0, 0.1) is 5.92 Å². The van der Waals surface area contributed by atoms with Crippen LogP contribution in [0.15, 0.2) is 0 Å². The summed E-state index contributed by atoms with van der Waals surface area (Å²) in [6.45, 7) is 0. The second kappa shape index (κ2) is 5.51. The average molecular weight is 231 g/mol. The zero-order valence-electron chi connectivity index (χ0n) is 5.85. The maximum Gasteiger partial charge on any atom is 0.225 e. The van der Waals surface area contributed by atoms with Crippen LogP contribution in [0.4, 0.5) is 0 Å². The van der Waals surface area contributed by atoms with Gasteiger partial charge < -0.3 is 0 Å². The molecular formula is C6H5Cl3O3. The van der Waals surface area contributed by atoms with Gasteiger partial charge in [-0.1, -0.05) is 0 Å². The van der Waals surface area contributed by atoms with Gasteiger partial charge in [0.05, 0.1) is 0 Å². The van der Waals surface area contributed by atoms with Gasteiger partial charge in [0.1, 0.15) is 0 Å². The molecule has 0 aliphatic rings. The summed E-state index contributed by atoms with van der Waals surface area (Å²) in [4.78, 5) is 31.2. The fourth-order valence-corrected chi connectivity index (χ4v) is 1.15. The van der Waals surface area contributed by atoms with Gasteiger partial charge in [0.25, 0.3) is 0 Å². The lowest BCUT2D eigenvalue weighted by Gasteiger charge is -2.04. The quantitative estimate of drug-likeness (QED) is 0.677. The predicted molar refractivity (Wildman–Crippen MR) is 45.3 cm³/mol. The summed E-state index contributed by atoms with van der Waals surface area (Å²) in [5, 5.41) is -2.21. The second-order valence-corrected chi connectivity index (χ2v) is 3.34. The number of halogens is 3. The normalized spacial score (nSPS) is 10.0. The van der Waals surface area contributed by atoms with Crippen LogP contribution >= 0.6 is 34.8 Å². The third kappa shape index (κ3) is 5.52. The minimum atomic E-state index is -0.901. The monoisotopic (exact) mass is 230 g/mol. The molecule has 3 nitrogen and oxygen atoms in total. The van der Waals surface area contributed by atoms with Crippen molar-refractivity contribution in [2.24, 2.45) is 5.92 Å². The first-order valence-corrected chi connectivity index (χ1v) is 4.13. The second-order valence-electron chi connectivity index (χ2n) is 2.12. The Balaban J connectivity index is 4.14. The zero-order valence-corrected chi connectivity index (χ0v) is 8.12. The summed E-state index contributed by atoms with van der Waals surface area (Å²) >= 11 is 15.1. The van der Waals surface area contributed by atoms with Crippen molar-refractivity contribution in [1.82, 2.24) is 0 Å². The SMILES string of the molecule is O=C(Cl)CC(CC(=O)Cl)C(=O)Cl. The third-order valence-corrected chi connectivity index (χ3v) is 1.75. The minimum absolute atomic E-state index is 0.262. The molecule has 0 radical (unpaired) electrons. The third-order valence-electron chi connectivity index (χ3n) is 1.13. The molecule has 0 aliphatic heterocycles. The summed E-state index contributed by atoms with van der Waals surface area (Å²) in [6.07, 6.45) is -0.523. The molecule has 0 atom stereocenters. The van der Waals surface area contributed by atoms with E-state index in [2.05, 4.69) is 0 Å². The van der Waals surface area contributed by atoms with Gasteiger partial charge in [-0.2, -0.15) is 0 Å². The van der Waals surface area contributed by atoms with E-state index in [0.29, 0.717) is 0 Å². The van der Waals surface area contributed by atoms with Gasteiger partial charge in [-0.15, -0.1) is 0 Å². The highest BCUT2D eigenvalue weighted by molar-refractivity contribution is 6.67. The van der Waals surface area contributed by atoms with Crippen molar-refractivity contribution in [2.45, 2.75) is 12.8 Å². The number of carbonyl (C=O) groups is 3. The molecule has 0 spiro atoms. The molecule has 6 heteroatoms. The molecule has 0 unspecified atom stereocenters. The van der Waals surface area contributed by atoms with Gasteiger partial charge in [-0.25, -0.2) is 0 Å². The van der Waals surface area contributed by atoms with Crippen LogP contribution < -0.4 is 0 Å². The van der Waals surface area contributed by atoms with Gasteiger partial charge in [0.2, 0.25) is 15.7 Å². The lowest BCUT2D eigenvalue weighted by molar-refractivity contribution is -0.122. The maximum atomic E-state index is 10.6.